The van der Waals surface area contributed by atoms with E-state index in [0.29, 0.717) is 0 Å². The zero-order chi connectivity index (χ0) is 12.2. The van der Waals surface area contributed by atoms with Gasteiger partial charge < -0.3 is 10.3 Å². The minimum Gasteiger partial charge on any atom is -0.346 e. The third-order valence-electron chi connectivity index (χ3n) is 2.80. The van der Waals surface area contributed by atoms with Crippen molar-refractivity contribution in [3.05, 3.63) is 54.4 Å². The number of hydrogen-bond donors (Lipinski definition) is 2. The first-order valence-electron chi connectivity index (χ1n) is 5.80. The van der Waals surface area contributed by atoms with Crippen molar-refractivity contribution in [2.24, 2.45) is 0 Å². The Kier molecular flexibility index (Phi) is 2.97. The monoisotopic (exact) mass is 239 g/mol. The van der Waals surface area contributed by atoms with Crippen LogP contribution in [-0.2, 0) is 13.1 Å². The van der Waals surface area contributed by atoms with Crippen LogP contribution in [0.4, 0.5) is 0 Å². The van der Waals surface area contributed by atoms with Gasteiger partial charge >= 0.3 is 0 Å². The second kappa shape index (κ2) is 4.93. The maximum absolute atomic E-state index is 4.26. The highest BCUT2D eigenvalue weighted by Gasteiger charge is 2.03. The van der Waals surface area contributed by atoms with Crippen LogP contribution in [0.1, 0.15) is 11.3 Å². The van der Waals surface area contributed by atoms with Crippen LogP contribution in [0.25, 0.3) is 11.0 Å². The molecule has 3 aromatic rings. The van der Waals surface area contributed by atoms with Gasteiger partial charge in [-0.2, -0.15) is 0 Å². The lowest BCUT2D eigenvalue weighted by Crippen LogP contribution is -2.13. The quantitative estimate of drug-likeness (QED) is 0.726. The van der Waals surface area contributed by atoms with Crippen LogP contribution >= 0.6 is 0 Å². The maximum Gasteiger partial charge on any atom is 0.137 e. The molecular weight excluding hydrogens is 226 g/mol. The molecule has 0 fully saturated rings. The summed E-state index contributed by atoms with van der Waals surface area (Å²) in [4.78, 5) is 15.5. The lowest BCUT2D eigenvalue weighted by atomic mass is 10.2. The van der Waals surface area contributed by atoms with Crippen molar-refractivity contribution in [2.75, 3.05) is 0 Å². The summed E-state index contributed by atoms with van der Waals surface area (Å²) in [6, 6.07) is 5.93. The zero-order valence-corrected chi connectivity index (χ0v) is 9.80. The van der Waals surface area contributed by atoms with E-state index in [1.807, 2.05) is 18.3 Å². The highest BCUT2D eigenvalue weighted by molar-refractivity contribution is 5.79. The van der Waals surface area contributed by atoms with Gasteiger partial charge in [-0.3, -0.25) is 0 Å². The second-order valence-electron chi connectivity index (χ2n) is 4.02. The molecule has 5 heteroatoms. The van der Waals surface area contributed by atoms with E-state index < -0.39 is 0 Å². The smallest absolute Gasteiger partial charge is 0.137 e. The predicted molar refractivity (Wildman–Crippen MR) is 68.7 cm³/mol. The second-order valence-corrected chi connectivity index (χ2v) is 4.02. The number of nitrogens with one attached hydrogen (secondary N) is 2. The first-order valence-corrected chi connectivity index (χ1v) is 5.80. The van der Waals surface area contributed by atoms with Crippen LogP contribution in [0.3, 0.4) is 0 Å². The molecule has 0 radical (unpaired) electrons. The molecule has 5 nitrogen and oxygen atoms in total. The van der Waals surface area contributed by atoms with Crippen molar-refractivity contribution in [3.63, 3.8) is 0 Å². The number of aromatic nitrogens is 4. The summed E-state index contributed by atoms with van der Waals surface area (Å²) < 4.78 is 0. The molecule has 18 heavy (non-hydrogen) atoms. The van der Waals surface area contributed by atoms with E-state index in [9.17, 15) is 0 Å². The van der Waals surface area contributed by atoms with E-state index in [1.165, 1.54) is 5.56 Å². The molecule has 0 bridgehead atoms. The van der Waals surface area contributed by atoms with Gasteiger partial charge in [-0.25, -0.2) is 15.0 Å². The molecule has 3 aromatic heterocycles. The first-order chi connectivity index (χ1) is 8.93. The molecule has 0 saturated heterocycles. The molecule has 2 N–H and O–H groups in total. The molecule has 3 rings (SSSR count). The summed E-state index contributed by atoms with van der Waals surface area (Å²) in [5.41, 5.74) is 3.13. The van der Waals surface area contributed by atoms with Crippen molar-refractivity contribution < 1.29 is 0 Å². The van der Waals surface area contributed by atoms with Gasteiger partial charge in [0.05, 0.1) is 5.69 Å². The van der Waals surface area contributed by atoms with Crippen LogP contribution < -0.4 is 5.32 Å². The van der Waals surface area contributed by atoms with Crippen LogP contribution in [-0.4, -0.2) is 19.9 Å². The predicted octanol–water partition coefficient (Wildman–Crippen LogP) is 1.64. The lowest BCUT2D eigenvalue weighted by Gasteiger charge is -2.02. The number of nitrogens with zero attached hydrogens (tertiary/aromatic N) is 3. The molecule has 0 saturated carbocycles. The van der Waals surface area contributed by atoms with Gasteiger partial charge in [0.25, 0.3) is 0 Å². The van der Waals surface area contributed by atoms with E-state index >= 15 is 0 Å². The van der Waals surface area contributed by atoms with Gasteiger partial charge in [-0.15, -0.1) is 0 Å². The standard InChI is InChI=1S/C13H13N5/c1-2-12-10(7-17-13(12)16-4-1)6-15-8-11-3-5-14-9-18-11/h1-5,7,9,15H,6,8H2,(H,16,17). The van der Waals surface area contributed by atoms with Gasteiger partial charge in [0, 0.05) is 37.1 Å². The van der Waals surface area contributed by atoms with E-state index in [-0.39, 0.29) is 0 Å². The highest BCUT2D eigenvalue weighted by Crippen LogP contribution is 2.15. The van der Waals surface area contributed by atoms with E-state index in [0.717, 1.165) is 29.8 Å². The third kappa shape index (κ3) is 2.21. The molecule has 0 aliphatic rings. The van der Waals surface area contributed by atoms with Crippen LogP contribution in [0, 0.1) is 0 Å². The molecule has 0 atom stereocenters. The largest absolute Gasteiger partial charge is 0.346 e. The van der Waals surface area contributed by atoms with Crippen molar-refractivity contribution in [1.29, 1.82) is 0 Å². The fourth-order valence-electron chi connectivity index (χ4n) is 1.91. The highest BCUT2D eigenvalue weighted by atomic mass is 14.9. The molecule has 3 heterocycles. The average molecular weight is 239 g/mol. The Labute approximate surface area is 104 Å². The first kappa shape index (κ1) is 10.9. The van der Waals surface area contributed by atoms with Crippen molar-refractivity contribution >= 4 is 11.0 Å². The lowest BCUT2D eigenvalue weighted by molar-refractivity contribution is 0.680. The SMILES string of the molecule is c1cnc2[nH]cc(CNCc3ccncn3)c2c1. The summed E-state index contributed by atoms with van der Waals surface area (Å²) in [5, 5.41) is 4.52. The number of fused-ring (bicyclic) bond motifs is 1. The average Bonchev–Trinajstić information content (AvgIpc) is 2.84. The normalized spacial score (nSPS) is 10.9. The zero-order valence-electron chi connectivity index (χ0n) is 9.80. The molecule has 0 aliphatic carbocycles. The van der Waals surface area contributed by atoms with Crippen LogP contribution in [0.15, 0.2) is 43.1 Å². The molecule has 90 valence electrons. The summed E-state index contributed by atoms with van der Waals surface area (Å²) in [6.45, 7) is 1.52. The van der Waals surface area contributed by atoms with Gasteiger partial charge in [0.1, 0.15) is 12.0 Å². The van der Waals surface area contributed by atoms with Gasteiger partial charge in [0.2, 0.25) is 0 Å². The Hall–Kier alpha value is -2.27. The van der Waals surface area contributed by atoms with Gasteiger partial charge in [-0.1, -0.05) is 0 Å². The fraction of sp³-hybridized carbons (Fsp3) is 0.154. The van der Waals surface area contributed by atoms with Crippen molar-refractivity contribution in [1.82, 2.24) is 25.3 Å². The number of hydrogen-bond acceptors (Lipinski definition) is 4. The summed E-state index contributed by atoms with van der Waals surface area (Å²) in [6.07, 6.45) is 7.09. The molecule has 0 aliphatic heterocycles. The molecule has 0 amide bonds. The Morgan fingerprint density at radius 2 is 2.11 bits per heavy atom. The van der Waals surface area contributed by atoms with Gasteiger partial charge in [-0.05, 0) is 23.8 Å². The third-order valence-corrected chi connectivity index (χ3v) is 2.80. The van der Waals surface area contributed by atoms with Crippen LogP contribution in [0.2, 0.25) is 0 Å². The minimum absolute atomic E-state index is 0.732. The topological polar surface area (TPSA) is 66.5 Å². The van der Waals surface area contributed by atoms with Crippen molar-refractivity contribution in [2.45, 2.75) is 13.1 Å². The number of aromatic amines is 1. The number of rotatable bonds is 4. The Morgan fingerprint density at radius 3 is 3.00 bits per heavy atom. The maximum atomic E-state index is 4.26. The summed E-state index contributed by atoms with van der Waals surface area (Å²) in [5.74, 6) is 0. The van der Waals surface area contributed by atoms with E-state index in [4.69, 9.17) is 0 Å². The van der Waals surface area contributed by atoms with E-state index in [1.54, 1.807) is 18.7 Å². The molecular formula is C13H13N5. The molecule has 0 unspecified atom stereocenters. The summed E-state index contributed by atoms with van der Waals surface area (Å²) in [7, 11) is 0. The van der Waals surface area contributed by atoms with Crippen molar-refractivity contribution in [3.8, 4) is 0 Å². The Bertz CT molecular complexity index is 632. The number of pyridine rings is 1. The summed E-state index contributed by atoms with van der Waals surface area (Å²) >= 11 is 0. The minimum atomic E-state index is 0.732. The fourth-order valence-corrected chi connectivity index (χ4v) is 1.91. The Balaban J connectivity index is 1.67. The molecule has 0 aromatic carbocycles. The van der Waals surface area contributed by atoms with Crippen LogP contribution in [0.5, 0.6) is 0 Å². The van der Waals surface area contributed by atoms with Gasteiger partial charge in [0.15, 0.2) is 0 Å². The number of H-pyrrole nitrogens is 1. The molecule has 0 spiro atoms. The van der Waals surface area contributed by atoms with E-state index in [2.05, 4.69) is 31.3 Å². The Morgan fingerprint density at radius 1 is 1.11 bits per heavy atom.